The number of carbonyl (C=O) groups excluding carboxylic acids is 1. The summed E-state index contributed by atoms with van der Waals surface area (Å²) in [5.74, 6) is -0.891. The van der Waals surface area contributed by atoms with E-state index in [2.05, 4.69) is 0 Å². The lowest BCUT2D eigenvalue weighted by Gasteiger charge is -2.22. The number of aliphatic hydroxyl groups excluding tert-OH is 5. The third-order valence-corrected chi connectivity index (χ3v) is 1.73. The quantitative estimate of drug-likeness (QED) is 0.223. The average Bonchev–Trinajstić information content (AvgIpc) is 2.35. The van der Waals surface area contributed by atoms with Crippen LogP contribution in [0.4, 0.5) is 0 Å². The summed E-state index contributed by atoms with van der Waals surface area (Å²) in [7, 11) is 0. The molecule has 0 radical (unpaired) electrons. The molecule has 0 aliphatic carbocycles. The maximum atomic E-state index is 9.90. The average molecular weight is 266 g/mol. The summed E-state index contributed by atoms with van der Waals surface area (Å²) in [4.78, 5) is 19.4. The van der Waals surface area contributed by atoms with Gasteiger partial charge in [-0.15, -0.1) is 0 Å². The minimum absolute atomic E-state index is 0.0258. The van der Waals surface area contributed by atoms with Crippen LogP contribution in [0.3, 0.4) is 0 Å². The number of aldehydes is 1. The molecule has 0 amide bonds. The lowest BCUT2D eigenvalue weighted by atomic mass is 10.0. The maximum Gasteiger partial charge on any atom is 0.327 e. The van der Waals surface area contributed by atoms with Crippen LogP contribution in [0.15, 0.2) is 12.2 Å². The molecule has 0 rings (SSSR count). The van der Waals surface area contributed by atoms with Crippen molar-refractivity contribution in [3.05, 3.63) is 12.2 Å². The summed E-state index contributed by atoms with van der Waals surface area (Å²) in [6.45, 7) is 0.901. The number of carbonyl (C=O) groups is 2. The van der Waals surface area contributed by atoms with Crippen molar-refractivity contribution in [2.24, 2.45) is 0 Å². The van der Waals surface area contributed by atoms with Crippen LogP contribution in [0.2, 0.25) is 0 Å². The highest BCUT2D eigenvalue weighted by molar-refractivity contribution is 5.79. The predicted molar refractivity (Wildman–Crippen MR) is 59.6 cm³/mol. The third-order valence-electron chi connectivity index (χ3n) is 1.73. The molecule has 0 aromatic heterocycles. The van der Waals surface area contributed by atoms with Crippen molar-refractivity contribution in [2.45, 2.75) is 31.3 Å². The zero-order chi connectivity index (χ0) is 14.7. The largest absolute Gasteiger partial charge is 0.478 e. The highest BCUT2D eigenvalue weighted by Crippen LogP contribution is 2.02. The van der Waals surface area contributed by atoms with Gasteiger partial charge >= 0.3 is 5.97 Å². The number of hydrogen-bond acceptors (Lipinski definition) is 7. The molecular weight excluding hydrogens is 248 g/mol. The number of aliphatic carboxylic acids is 1. The third kappa shape index (κ3) is 8.79. The predicted octanol–water partition coefficient (Wildman–Crippen LogP) is -2.73. The van der Waals surface area contributed by atoms with Gasteiger partial charge in [-0.2, -0.15) is 0 Å². The lowest BCUT2D eigenvalue weighted by Crippen LogP contribution is -2.46. The number of aliphatic hydroxyl groups is 5. The van der Waals surface area contributed by atoms with Crippen LogP contribution in [-0.4, -0.2) is 73.9 Å². The lowest BCUT2D eigenvalue weighted by molar-refractivity contribution is -0.136. The molecule has 0 saturated heterocycles. The number of carboxylic acid groups (broad SMARTS) is 1. The SMILES string of the molecule is C/C=C/C(=O)O.O=CC(O)C(O)C(O)C(O)CO. The Balaban J connectivity index is 0. The Morgan fingerprint density at radius 3 is 1.89 bits per heavy atom. The first-order chi connectivity index (χ1) is 8.31. The van der Waals surface area contributed by atoms with E-state index in [1.54, 1.807) is 6.92 Å². The van der Waals surface area contributed by atoms with Crippen LogP contribution < -0.4 is 0 Å². The first-order valence-corrected chi connectivity index (χ1v) is 4.95. The molecule has 0 fully saturated rings. The molecule has 4 atom stereocenters. The molecule has 0 heterocycles. The molecular formula is C10H18O8. The van der Waals surface area contributed by atoms with Gasteiger partial charge in [-0.3, -0.25) is 0 Å². The van der Waals surface area contributed by atoms with E-state index in [0.29, 0.717) is 0 Å². The Labute approximate surface area is 103 Å². The zero-order valence-corrected chi connectivity index (χ0v) is 9.75. The fraction of sp³-hybridized carbons (Fsp3) is 0.600. The fourth-order valence-corrected chi connectivity index (χ4v) is 0.761. The van der Waals surface area contributed by atoms with Gasteiger partial charge < -0.3 is 35.4 Å². The van der Waals surface area contributed by atoms with Crippen LogP contribution in [0, 0.1) is 0 Å². The summed E-state index contributed by atoms with van der Waals surface area (Å²) in [6, 6.07) is 0. The topological polar surface area (TPSA) is 156 Å². The van der Waals surface area contributed by atoms with Crippen molar-refractivity contribution in [2.75, 3.05) is 6.61 Å². The van der Waals surface area contributed by atoms with Crippen molar-refractivity contribution < 1.29 is 40.2 Å². The monoisotopic (exact) mass is 266 g/mol. The Morgan fingerprint density at radius 1 is 1.17 bits per heavy atom. The minimum Gasteiger partial charge on any atom is -0.478 e. The summed E-state index contributed by atoms with van der Waals surface area (Å²) in [5, 5.41) is 51.4. The number of hydrogen-bond donors (Lipinski definition) is 6. The molecule has 0 saturated carbocycles. The molecule has 18 heavy (non-hydrogen) atoms. The molecule has 6 N–H and O–H groups in total. The first-order valence-electron chi connectivity index (χ1n) is 4.95. The summed E-state index contributed by atoms with van der Waals surface area (Å²) < 4.78 is 0. The van der Waals surface area contributed by atoms with Crippen molar-refractivity contribution in [3.63, 3.8) is 0 Å². The van der Waals surface area contributed by atoms with E-state index < -0.39 is 37.0 Å². The molecule has 0 aromatic carbocycles. The van der Waals surface area contributed by atoms with Crippen molar-refractivity contribution in [1.82, 2.24) is 0 Å². The number of rotatable bonds is 6. The van der Waals surface area contributed by atoms with Crippen molar-refractivity contribution >= 4 is 12.3 Å². The molecule has 4 unspecified atom stereocenters. The van der Waals surface area contributed by atoms with E-state index in [0.717, 1.165) is 6.08 Å². The summed E-state index contributed by atoms with van der Waals surface area (Å²) in [6.07, 6.45) is -4.28. The molecule has 0 aliphatic heterocycles. The van der Waals surface area contributed by atoms with Crippen LogP contribution in [0.1, 0.15) is 6.92 Å². The molecule has 8 nitrogen and oxygen atoms in total. The summed E-state index contributed by atoms with van der Waals surface area (Å²) >= 11 is 0. The highest BCUT2D eigenvalue weighted by Gasteiger charge is 2.29. The van der Waals surface area contributed by atoms with Crippen LogP contribution >= 0.6 is 0 Å². The second-order valence-electron chi connectivity index (χ2n) is 3.20. The van der Waals surface area contributed by atoms with E-state index in [4.69, 9.17) is 30.6 Å². The Hall–Kier alpha value is -1.32. The van der Waals surface area contributed by atoms with Gasteiger partial charge in [0.1, 0.15) is 24.4 Å². The molecule has 0 spiro atoms. The Morgan fingerprint density at radius 2 is 1.67 bits per heavy atom. The summed E-state index contributed by atoms with van der Waals surface area (Å²) in [5.41, 5.74) is 0. The molecule has 0 aromatic rings. The van der Waals surface area contributed by atoms with Crippen LogP contribution in [-0.2, 0) is 9.59 Å². The molecule has 8 heteroatoms. The van der Waals surface area contributed by atoms with Gasteiger partial charge in [0.15, 0.2) is 6.29 Å². The maximum absolute atomic E-state index is 9.90. The molecule has 0 aliphatic rings. The smallest absolute Gasteiger partial charge is 0.327 e. The van der Waals surface area contributed by atoms with Gasteiger partial charge in [-0.25, -0.2) is 4.79 Å². The number of allylic oxidation sites excluding steroid dienone is 1. The van der Waals surface area contributed by atoms with E-state index in [-0.39, 0.29) is 6.29 Å². The van der Waals surface area contributed by atoms with Gasteiger partial charge in [0.25, 0.3) is 0 Å². The second kappa shape index (κ2) is 10.8. The van der Waals surface area contributed by atoms with Crippen molar-refractivity contribution in [3.8, 4) is 0 Å². The normalized spacial score (nSPS) is 17.2. The van der Waals surface area contributed by atoms with Gasteiger partial charge in [-0.1, -0.05) is 6.08 Å². The first kappa shape index (κ1) is 19.0. The second-order valence-corrected chi connectivity index (χ2v) is 3.20. The minimum atomic E-state index is -1.79. The molecule has 0 bridgehead atoms. The Bertz CT molecular complexity index is 265. The fourth-order valence-electron chi connectivity index (χ4n) is 0.761. The van der Waals surface area contributed by atoms with Crippen LogP contribution in [0.25, 0.3) is 0 Å². The Kier molecular flexibility index (Phi) is 11.4. The van der Waals surface area contributed by atoms with Gasteiger partial charge in [-0.05, 0) is 6.92 Å². The van der Waals surface area contributed by atoms with E-state index in [9.17, 15) is 9.59 Å². The highest BCUT2D eigenvalue weighted by atomic mass is 16.4. The number of carboxylic acids is 1. The standard InChI is InChI=1S/C6H12O6.C4H6O2/c7-1-3(9)5(11)6(12)4(10)2-8;1-2-3-4(5)6/h1,3-6,8-12H,2H2;2-3H,1H3,(H,5,6)/b;3-2+. The van der Waals surface area contributed by atoms with Gasteiger partial charge in [0.2, 0.25) is 0 Å². The van der Waals surface area contributed by atoms with Gasteiger partial charge in [0.05, 0.1) is 6.61 Å². The molecule has 106 valence electrons. The van der Waals surface area contributed by atoms with E-state index in [1.807, 2.05) is 0 Å². The zero-order valence-electron chi connectivity index (χ0n) is 9.75. The van der Waals surface area contributed by atoms with E-state index in [1.165, 1.54) is 6.08 Å². The van der Waals surface area contributed by atoms with Gasteiger partial charge in [0, 0.05) is 6.08 Å². The van der Waals surface area contributed by atoms with Crippen LogP contribution in [0.5, 0.6) is 0 Å². The van der Waals surface area contributed by atoms with E-state index >= 15 is 0 Å². The van der Waals surface area contributed by atoms with Crippen molar-refractivity contribution in [1.29, 1.82) is 0 Å².